The highest BCUT2D eigenvalue weighted by Gasteiger charge is 2.36. The van der Waals surface area contributed by atoms with Crippen LogP contribution in [-0.4, -0.2) is 42.3 Å². The van der Waals surface area contributed by atoms with Gasteiger partial charge in [0, 0.05) is 12.5 Å². The first-order valence-corrected chi connectivity index (χ1v) is 3.77. The number of alkyl halides is 1. The number of hydrogen-bond acceptors (Lipinski definition) is 3. The SMILES string of the molecule is OCC[C@H]1C(F)COC1CO. The van der Waals surface area contributed by atoms with E-state index < -0.39 is 12.3 Å². The van der Waals surface area contributed by atoms with Crippen LogP contribution in [0.4, 0.5) is 4.39 Å². The smallest absolute Gasteiger partial charge is 0.129 e. The molecule has 0 bridgehead atoms. The predicted octanol–water partition coefficient (Wildman–Crippen LogP) is -0.286. The molecule has 0 aromatic carbocycles. The number of aliphatic hydroxyl groups excluding tert-OH is 2. The van der Waals surface area contributed by atoms with Crippen LogP contribution in [0.3, 0.4) is 0 Å². The maximum atomic E-state index is 12.9. The Morgan fingerprint density at radius 1 is 1.45 bits per heavy atom. The first-order chi connectivity index (χ1) is 5.29. The van der Waals surface area contributed by atoms with Gasteiger partial charge in [-0.3, -0.25) is 0 Å². The Kier molecular flexibility index (Phi) is 3.23. The Balaban J connectivity index is 2.42. The molecule has 11 heavy (non-hydrogen) atoms. The highest BCUT2D eigenvalue weighted by molar-refractivity contribution is 4.82. The van der Waals surface area contributed by atoms with Gasteiger partial charge in [0.1, 0.15) is 6.17 Å². The minimum atomic E-state index is -1.03. The quantitative estimate of drug-likeness (QED) is 0.603. The molecule has 3 atom stereocenters. The molecule has 2 unspecified atom stereocenters. The fourth-order valence-corrected chi connectivity index (χ4v) is 1.40. The molecule has 0 radical (unpaired) electrons. The molecule has 1 fully saturated rings. The molecule has 2 N–H and O–H groups in total. The summed E-state index contributed by atoms with van der Waals surface area (Å²) < 4.78 is 17.8. The van der Waals surface area contributed by atoms with Crippen molar-refractivity contribution in [3.05, 3.63) is 0 Å². The van der Waals surface area contributed by atoms with Crippen molar-refractivity contribution in [1.82, 2.24) is 0 Å². The van der Waals surface area contributed by atoms with Crippen molar-refractivity contribution in [2.45, 2.75) is 18.7 Å². The number of aliphatic hydroxyl groups is 2. The van der Waals surface area contributed by atoms with E-state index in [9.17, 15) is 4.39 Å². The van der Waals surface area contributed by atoms with E-state index in [4.69, 9.17) is 14.9 Å². The Bertz CT molecular complexity index is 120. The van der Waals surface area contributed by atoms with Crippen LogP contribution in [-0.2, 0) is 4.74 Å². The lowest BCUT2D eigenvalue weighted by atomic mass is 9.97. The molecular weight excluding hydrogens is 151 g/mol. The van der Waals surface area contributed by atoms with Crippen molar-refractivity contribution in [1.29, 1.82) is 0 Å². The van der Waals surface area contributed by atoms with Crippen LogP contribution in [0.2, 0.25) is 0 Å². The van der Waals surface area contributed by atoms with E-state index in [1.54, 1.807) is 0 Å². The molecule has 1 rings (SSSR count). The standard InChI is InChI=1S/C7H13FO3/c8-6-4-11-7(3-10)5(6)1-2-9/h5-7,9-10H,1-4H2/t5-,6?,7?/m0/s1. The zero-order chi connectivity index (χ0) is 8.27. The van der Waals surface area contributed by atoms with Gasteiger partial charge in [0.05, 0.1) is 19.3 Å². The molecule has 1 heterocycles. The van der Waals surface area contributed by atoms with Gasteiger partial charge in [-0.2, -0.15) is 0 Å². The van der Waals surface area contributed by atoms with Crippen LogP contribution in [0.25, 0.3) is 0 Å². The third-order valence-electron chi connectivity index (χ3n) is 2.05. The molecule has 0 saturated carbocycles. The summed E-state index contributed by atoms with van der Waals surface area (Å²) in [6, 6.07) is 0. The third-order valence-corrected chi connectivity index (χ3v) is 2.05. The van der Waals surface area contributed by atoms with Gasteiger partial charge in [-0.15, -0.1) is 0 Å². The molecule has 1 aliphatic rings. The number of halogens is 1. The Hall–Kier alpha value is -0.190. The van der Waals surface area contributed by atoms with Gasteiger partial charge in [-0.05, 0) is 6.42 Å². The van der Waals surface area contributed by atoms with E-state index >= 15 is 0 Å². The van der Waals surface area contributed by atoms with E-state index in [1.807, 2.05) is 0 Å². The average Bonchev–Trinajstić information content (AvgIpc) is 2.34. The van der Waals surface area contributed by atoms with Crippen LogP contribution in [0, 0.1) is 5.92 Å². The Morgan fingerprint density at radius 3 is 2.73 bits per heavy atom. The van der Waals surface area contributed by atoms with E-state index in [1.165, 1.54) is 0 Å². The van der Waals surface area contributed by atoms with Crippen molar-refractivity contribution in [2.75, 3.05) is 19.8 Å². The van der Waals surface area contributed by atoms with E-state index in [0.717, 1.165) is 0 Å². The lowest BCUT2D eigenvalue weighted by Crippen LogP contribution is -2.25. The van der Waals surface area contributed by atoms with Crippen LogP contribution in [0.15, 0.2) is 0 Å². The molecule has 0 aliphatic carbocycles. The normalized spacial score (nSPS) is 37.9. The zero-order valence-corrected chi connectivity index (χ0v) is 6.24. The second kappa shape index (κ2) is 3.99. The first kappa shape index (κ1) is 8.90. The van der Waals surface area contributed by atoms with E-state index in [0.29, 0.717) is 6.42 Å². The van der Waals surface area contributed by atoms with Gasteiger partial charge in [0.25, 0.3) is 0 Å². The highest BCUT2D eigenvalue weighted by Crippen LogP contribution is 2.26. The van der Waals surface area contributed by atoms with Gasteiger partial charge < -0.3 is 14.9 Å². The molecular formula is C7H13FO3. The van der Waals surface area contributed by atoms with Gasteiger partial charge >= 0.3 is 0 Å². The van der Waals surface area contributed by atoms with Gasteiger partial charge in [-0.25, -0.2) is 4.39 Å². The molecule has 4 heteroatoms. The average molecular weight is 164 g/mol. The molecule has 66 valence electrons. The van der Waals surface area contributed by atoms with Gasteiger partial charge in [0.15, 0.2) is 0 Å². The van der Waals surface area contributed by atoms with Crippen molar-refractivity contribution in [3.8, 4) is 0 Å². The molecule has 0 spiro atoms. The maximum absolute atomic E-state index is 12.9. The maximum Gasteiger partial charge on any atom is 0.129 e. The fourth-order valence-electron chi connectivity index (χ4n) is 1.40. The number of hydrogen-bond donors (Lipinski definition) is 2. The number of ether oxygens (including phenoxy) is 1. The van der Waals surface area contributed by atoms with E-state index in [2.05, 4.69) is 0 Å². The lowest BCUT2D eigenvalue weighted by molar-refractivity contribution is 0.0348. The largest absolute Gasteiger partial charge is 0.396 e. The second-order valence-corrected chi connectivity index (χ2v) is 2.75. The summed E-state index contributed by atoms with van der Waals surface area (Å²) in [4.78, 5) is 0. The molecule has 1 aliphatic heterocycles. The van der Waals surface area contributed by atoms with Crippen molar-refractivity contribution >= 4 is 0 Å². The summed E-state index contributed by atoms with van der Waals surface area (Å²) in [6.45, 7) is -0.161. The lowest BCUT2D eigenvalue weighted by Gasteiger charge is -2.15. The van der Waals surface area contributed by atoms with Crippen LogP contribution >= 0.6 is 0 Å². The van der Waals surface area contributed by atoms with Gasteiger partial charge in [0.2, 0.25) is 0 Å². The highest BCUT2D eigenvalue weighted by atomic mass is 19.1. The minimum Gasteiger partial charge on any atom is -0.396 e. The number of rotatable bonds is 3. The Labute approximate surface area is 64.8 Å². The van der Waals surface area contributed by atoms with Crippen LogP contribution < -0.4 is 0 Å². The topological polar surface area (TPSA) is 49.7 Å². The molecule has 3 nitrogen and oxygen atoms in total. The van der Waals surface area contributed by atoms with E-state index in [-0.39, 0.29) is 25.7 Å². The summed E-state index contributed by atoms with van der Waals surface area (Å²) in [5.41, 5.74) is 0. The first-order valence-electron chi connectivity index (χ1n) is 3.77. The molecule has 1 saturated heterocycles. The summed E-state index contributed by atoms with van der Waals surface area (Å²) in [6.07, 6.45) is -1.08. The monoisotopic (exact) mass is 164 g/mol. The minimum absolute atomic E-state index is 0.0506. The Morgan fingerprint density at radius 2 is 2.18 bits per heavy atom. The van der Waals surface area contributed by atoms with Crippen molar-refractivity contribution in [2.24, 2.45) is 5.92 Å². The van der Waals surface area contributed by atoms with Crippen molar-refractivity contribution in [3.63, 3.8) is 0 Å². The molecule has 0 aromatic heterocycles. The molecule has 0 aromatic rings. The zero-order valence-electron chi connectivity index (χ0n) is 6.24. The molecule has 0 amide bonds. The van der Waals surface area contributed by atoms with Crippen LogP contribution in [0.1, 0.15) is 6.42 Å². The summed E-state index contributed by atoms with van der Waals surface area (Å²) in [7, 11) is 0. The predicted molar refractivity (Wildman–Crippen MR) is 36.9 cm³/mol. The van der Waals surface area contributed by atoms with Crippen molar-refractivity contribution < 1.29 is 19.3 Å². The second-order valence-electron chi connectivity index (χ2n) is 2.75. The summed E-state index contributed by atoms with van der Waals surface area (Å²) in [5.74, 6) is -0.329. The summed E-state index contributed by atoms with van der Waals surface area (Å²) in [5, 5.41) is 17.3. The van der Waals surface area contributed by atoms with Gasteiger partial charge in [-0.1, -0.05) is 0 Å². The summed E-state index contributed by atoms with van der Waals surface area (Å²) >= 11 is 0. The third kappa shape index (κ3) is 1.89. The van der Waals surface area contributed by atoms with Crippen LogP contribution in [0.5, 0.6) is 0 Å². The fraction of sp³-hybridized carbons (Fsp3) is 1.00.